The molecular formula is C21H25FN4O. The molecule has 0 unspecified atom stereocenters. The molecule has 1 saturated carbocycles. The molecule has 0 spiro atoms. The van der Waals surface area contributed by atoms with Crippen LogP contribution >= 0.6 is 0 Å². The van der Waals surface area contributed by atoms with E-state index in [4.69, 9.17) is 9.73 Å². The second-order valence-electron chi connectivity index (χ2n) is 7.73. The minimum Gasteiger partial charge on any atom is -0.493 e. The lowest BCUT2D eigenvalue weighted by molar-refractivity contribution is 0.299. The number of hydrogen-bond acceptors (Lipinski definition) is 4. The van der Waals surface area contributed by atoms with Crippen molar-refractivity contribution in [1.29, 1.82) is 0 Å². The third-order valence-electron chi connectivity index (χ3n) is 5.77. The van der Waals surface area contributed by atoms with E-state index in [1.807, 2.05) is 6.20 Å². The Morgan fingerprint density at radius 2 is 2.00 bits per heavy atom. The number of H-pyrrole nitrogens is 1. The number of nitrogens with one attached hydrogen (secondary N) is 2. The molecule has 2 aromatic rings. The molecule has 2 fully saturated rings. The van der Waals surface area contributed by atoms with E-state index >= 15 is 0 Å². The molecule has 1 aromatic heterocycles. The van der Waals surface area contributed by atoms with Gasteiger partial charge in [0, 0.05) is 17.8 Å². The van der Waals surface area contributed by atoms with Crippen LogP contribution in [-0.4, -0.2) is 43.1 Å². The number of rotatable bonds is 5. The summed E-state index contributed by atoms with van der Waals surface area (Å²) in [5, 5.41) is 3.42. The summed E-state index contributed by atoms with van der Waals surface area (Å²) in [5.74, 6) is 1.10. The van der Waals surface area contributed by atoms with Crippen molar-refractivity contribution in [2.45, 2.75) is 31.7 Å². The molecule has 2 N–H and O–H groups in total. The van der Waals surface area contributed by atoms with Gasteiger partial charge in [-0.15, -0.1) is 0 Å². The van der Waals surface area contributed by atoms with Gasteiger partial charge in [0.2, 0.25) is 0 Å². The molecule has 1 aliphatic carbocycles. The molecule has 27 heavy (non-hydrogen) atoms. The van der Waals surface area contributed by atoms with Crippen LogP contribution in [0.15, 0.2) is 35.5 Å². The van der Waals surface area contributed by atoms with Gasteiger partial charge < -0.3 is 19.9 Å². The number of halogens is 1. The largest absolute Gasteiger partial charge is 0.493 e. The van der Waals surface area contributed by atoms with E-state index in [-0.39, 0.29) is 5.82 Å². The van der Waals surface area contributed by atoms with Gasteiger partial charge in [-0.3, -0.25) is 4.99 Å². The van der Waals surface area contributed by atoms with Crippen molar-refractivity contribution in [2.24, 2.45) is 10.9 Å². The first-order valence-electron chi connectivity index (χ1n) is 9.92. The number of anilines is 1. The maximum absolute atomic E-state index is 14.0. The van der Waals surface area contributed by atoms with Crippen molar-refractivity contribution in [3.63, 3.8) is 0 Å². The fraction of sp³-hybridized carbons (Fsp3) is 0.476. The molecule has 5 nitrogen and oxygen atoms in total. The smallest absolute Gasteiger partial charge is 0.128 e. The van der Waals surface area contributed by atoms with Gasteiger partial charge in [0.15, 0.2) is 0 Å². The third kappa shape index (κ3) is 3.34. The summed E-state index contributed by atoms with van der Waals surface area (Å²) in [4.78, 5) is 10.6. The summed E-state index contributed by atoms with van der Waals surface area (Å²) in [5.41, 5.74) is 3.65. The number of aliphatic imine (C=N–C) groups is 1. The maximum Gasteiger partial charge on any atom is 0.128 e. The average molecular weight is 368 g/mol. The first kappa shape index (κ1) is 16.8. The number of ether oxygens (including phenoxy) is 1. The first-order chi connectivity index (χ1) is 13.3. The van der Waals surface area contributed by atoms with Gasteiger partial charge in [0.25, 0.3) is 0 Å². The predicted molar refractivity (Wildman–Crippen MR) is 104 cm³/mol. The summed E-state index contributed by atoms with van der Waals surface area (Å²) < 4.78 is 20.1. The van der Waals surface area contributed by atoms with Crippen molar-refractivity contribution in [3.8, 4) is 5.75 Å². The van der Waals surface area contributed by atoms with Gasteiger partial charge in [-0.2, -0.15) is 0 Å². The standard InChI is InChI=1S/C21H25FN4O/c22-15-3-4-19(27-12-14-1-2-14)17(11-15)20-21-18(7-10-24-21)26(13-25-20)16-5-8-23-9-6-16/h3-4,7,10-11,14,16,23-24H,1-2,5-6,8-9,12-13H2. The highest BCUT2D eigenvalue weighted by Gasteiger charge is 2.30. The topological polar surface area (TPSA) is 52.6 Å². The molecule has 142 valence electrons. The Morgan fingerprint density at radius 1 is 1.15 bits per heavy atom. The Kier molecular flexibility index (Phi) is 4.36. The number of aromatic amines is 1. The number of fused-ring (bicyclic) bond motifs is 1. The number of hydrogen-bond donors (Lipinski definition) is 2. The Bertz CT molecular complexity index is 852. The van der Waals surface area contributed by atoms with Crippen LogP contribution in [0.5, 0.6) is 5.75 Å². The summed E-state index contributed by atoms with van der Waals surface area (Å²) in [6.45, 7) is 3.38. The second-order valence-corrected chi connectivity index (χ2v) is 7.73. The minimum absolute atomic E-state index is 0.264. The molecule has 3 heterocycles. The summed E-state index contributed by atoms with van der Waals surface area (Å²) in [6.07, 6.45) is 6.63. The van der Waals surface area contributed by atoms with Crippen LogP contribution in [0.3, 0.4) is 0 Å². The van der Waals surface area contributed by atoms with Crippen molar-refractivity contribution in [2.75, 3.05) is 31.3 Å². The van der Waals surface area contributed by atoms with E-state index in [1.165, 1.54) is 18.9 Å². The fourth-order valence-corrected chi connectivity index (χ4v) is 4.05. The first-order valence-corrected chi connectivity index (χ1v) is 9.92. The molecule has 0 radical (unpaired) electrons. The highest BCUT2D eigenvalue weighted by atomic mass is 19.1. The van der Waals surface area contributed by atoms with Crippen molar-refractivity contribution in [1.82, 2.24) is 10.3 Å². The number of nitrogens with zero attached hydrogens (tertiary/aromatic N) is 2. The molecular weight excluding hydrogens is 343 g/mol. The zero-order valence-electron chi connectivity index (χ0n) is 15.4. The van der Waals surface area contributed by atoms with Crippen LogP contribution < -0.4 is 15.0 Å². The van der Waals surface area contributed by atoms with E-state index < -0.39 is 0 Å². The Balaban J connectivity index is 1.47. The fourth-order valence-electron chi connectivity index (χ4n) is 4.05. The third-order valence-corrected chi connectivity index (χ3v) is 5.77. The van der Waals surface area contributed by atoms with Crippen LogP contribution in [0.4, 0.5) is 10.1 Å². The van der Waals surface area contributed by atoms with E-state index in [0.29, 0.717) is 25.2 Å². The van der Waals surface area contributed by atoms with E-state index in [1.54, 1.807) is 12.1 Å². The second kappa shape index (κ2) is 7.00. The van der Waals surface area contributed by atoms with Crippen LogP contribution in [0.2, 0.25) is 0 Å². The highest BCUT2D eigenvalue weighted by Crippen LogP contribution is 2.35. The molecule has 0 atom stereocenters. The highest BCUT2D eigenvalue weighted by molar-refractivity contribution is 6.17. The Labute approximate surface area is 158 Å². The van der Waals surface area contributed by atoms with E-state index in [0.717, 1.165) is 54.3 Å². The van der Waals surface area contributed by atoms with Crippen LogP contribution in [-0.2, 0) is 0 Å². The zero-order chi connectivity index (χ0) is 18.2. The maximum atomic E-state index is 14.0. The summed E-state index contributed by atoms with van der Waals surface area (Å²) in [7, 11) is 0. The summed E-state index contributed by atoms with van der Waals surface area (Å²) in [6, 6.07) is 7.34. The number of piperidine rings is 1. The average Bonchev–Trinajstić information content (AvgIpc) is 3.40. The van der Waals surface area contributed by atoms with Crippen molar-refractivity contribution >= 4 is 11.4 Å². The molecule has 0 amide bonds. The quantitative estimate of drug-likeness (QED) is 0.851. The Morgan fingerprint density at radius 3 is 2.81 bits per heavy atom. The van der Waals surface area contributed by atoms with Crippen LogP contribution in [0.25, 0.3) is 0 Å². The molecule has 0 bridgehead atoms. The van der Waals surface area contributed by atoms with Gasteiger partial charge in [0.05, 0.1) is 23.7 Å². The van der Waals surface area contributed by atoms with E-state index in [9.17, 15) is 4.39 Å². The van der Waals surface area contributed by atoms with Crippen molar-refractivity contribution in [3.05, 3.63) is 47.5 Å². The number of benzene rings is 1. The van der Waals surface area contributed by atoms with Crippen LogP contribution in [0.1, 0.15) is 36.9 Å². The predicted octanol–water partition coefficient (Wildman–Crippen LogP) is 3.31. The molecule has 3 aliphatic rings. The molecule has 1 saturated heterocycles. The van der Waals surface area contributed by atoms with E-state index in [2.05, 4.69) is 21.3 Å². The lowest BCUT2D eigenvalue weighted by Gasteiger charge is -2.37. The molecule has 1 aromatic carbocycles. The van der Waals surface area contributed by atoms with Gasteiger partial charge in [-0.25, -0.2) is 4.39 Å². The zero-order valence-corrected chi connectivity index (χ0v) is 15.4. The number of aromatic nitrogens is 1. The SMILES string of the molecule is Fc1ccc(OCC2CC2)c(C2=NCN(C3CCNCC3)c3cc[nH]c32)c1. The lowest BCUT2D eigenvalue weighted by atomic mass is 10.00. The molecule has 6 heteroatoms. The van der Waals surface area contributed by atoms with Gasteiger partial charge in [-0.05, 0) is 69.0 Å². The summed E-state index contributed by atoms with van der Waals surface area (Å²) >= 11 is 0. The van der Waals surface area contributed by atoms with Crippen LogP contribution in [0, 0.1) is 11.7 Å². The monoisotopic (exact) mass is 368 g/mol. The molecule has 2 aliphatic heterocycles. The van der Waals surface area contributed by atoms with Gasteiger partial charge in [-0.1, -0.05) is 0 Å². The Hall–Kier alpha value is -2.34. The molecule has 5 rings (SSSR count). The van der Waals surface area contributed by atoms with Gasteiger partial charge >= 0.3 is 0 Å². The van der Waals surface area contributed by atoms with Crippen molar-refractivity contribution < 1.29 is 9.13 Å². The lowest BCUT2D eigenvalue weighted by Crippen LogP contribution is -2.45. The normalized spacial score (nSPS) is 20.3. The minimum atomic E-state index is -0.264. The van der Waals surface area contributed by atoms with Gasteiger partial charge in [0.1, 0.15) is 18.2 Å².